The molecule has 7 saturated heterocycles. The molecule has 7 aliphatic heterocycles. The average molecular weight is 1480 g/mol. The predicted molar refractivity (Wildman–Crippen MR) is 313 cm³/mol. The van der Waals surface area contributed by atoms with E-state index in [1.54, 1.807) is 0 Å². The van der Waals surface area contributed by atoms with Crippen molar-refractivity contribution in [3.05, 3.63) is 0 Å². The summed E-state index contributed by atoms with van der Waals surface area (Å²) in [6.07, 6.45) is -64.4. The summed E-state index contributed by atoms with van der Waals surface area (Å²) in [4.78, 5) is 40.7. The van der Waals surface area contributed by atoms with E-state index in [2.05, 4.69) is 10.7 Å². The van der Waals surface area contributed by atoms with Crippen molar-refractivity contribution in [2.24, 2.45) is 5.73 Å². The first-order chi connectivity index (χ1) is 47.9. The number of ether oxygens (including phenoxy) is 14. The maximum atomic E-state index is 13.9. The van der Waals surface area contributed by atoms with Gasteiger partial charge in [-0.05, 0) is 6.42 Å². The number of aliphatic hydroxyl groups excluding tert-OH is 24. The summed E-state index contributed by atoms with van der Waals surface area (Å²) >= 11 is 0. The van der Waals surface area contributed by atoms with E-state index in [1.807, 2.05) is 0 Å². The number of rotatable bonds is 35. The van der Waals surface area contributed by atoms with Crippen molar-refractivity contribution in [2.75, 3.05) is 105 Å². The highest BCUT2D eigenvalue weighted by Gasteiger charge is 2.55. The lowest BCUT2D eigenvalue weighted by Crippen LogP contribution is -2.65. The predicted octanol–water partition coefficient (Wildman–Crippen LogP) is -19.6. The Labute approximate surface area is 572 Å². The number of nitrogens with zero attached hydrogens (tertiary/aromatic N) is 2. The molecule has 0 bridgehead atoms. The van der Waals surface area contributed by atoms with E-state index in [1.165, 1.54) is 0 Å². The van der Waals surface area contributed by atoms with Gasteiger partial charge < -0.3 is 200 Å². The van der Waals surface area contributed by atoms with Gasteiger partial charge in [0.15, 0.2) is 44.0 Å². The summed E-state index contributed by atoms with van der Waals surface area (Å²) in [5.41, 5.74) is 7.96. The van der Waals surface area contributed by atoms with Crippen LogP contribution in [0.3, 0.4) is 0 Å². The highest BCUT2D eigenvalue weighted by Crippen LogP contribution is 2.34. The number of nitrogens with one attached hydrogen (secondary N) is 2. The maximum absolute atomic E-state index is 13.9. The van der Waals surface area contributed by atoms with Crippen LogP contribution in [0.2, 0.25) is 0 Å². The first kappa shape index (κ1) is 85.1. The fourth-order valence-electron chi connectivity index (χ4n) is 11.8. The second kappa shape index (κ2) is 39.6. The number of amides is 3. The minimum Gasteiger partial charge on any atom is -0.396 e. The molecule has 3 amide bonds. The molecule has 7 heterocycles. The lowest BCUT2D eigenvalue weighted by molar-refractivity contribution is -0.366. The molecule has 101 heavy (non-hydrogen) atoms. The topological polar surface area (TPSA) is 723 Å². The second-order valence-corrected chi connectivity index (χ2v) is 24.8. The van der Waals surface area contributed by atoms with Crippen molar-refractivity contribution in [1.82, 2.24) is 20.7 Å². The van der Waals surface area contributed by atoms with Gasteiger partial charge in [-0.3, -0.25) is 24.7 Å². The molecule has 588 valence electrons. The van der Waals surface area contributed by atoms with Crippen LogP contribution in [-0.2, 0) is 80.7 Å². The molecule has 0 aromatic rings. The van der Waals surface area contributed by atoms with Crippen LogP contribution in [0.15, 0.2) is 0 Å². The Bertz CT molecular complexity index is 2480. The van der Waals surface area contributed by atoms with Gasteiger partial charge in [0.1, 0.15) is 165 Å². The van der Waals surface area contributed by atoms with Crippen LogP contribution in [0, 0.1) is 0 Å². The molecule has 7 aliphatic rings. The molecule has 0 unspecified atom stereocenters. The lowest BCUT2D eigenvalue weighted by atomic mass is 9.95. The fourth-order valence-corrected chi connectivity index (χ4v) is 11.8. The minimum atomic E-state index is -2.10. The lowest BCUT2D eigenvalue weighted by Gasteiger charge is -2.46. The molecular weight excluding hydrogens is 1390 g/mol. The smallest absolute Gasteiger partial charge is 0.248 e. The number of hydrazine groups is 1. The van der Waals surface area contributed by atoms with E-state index in [9.17, 15) is 137 Å². The standard InChI is InChI=1S/C55H97N5O41/c56-25(66)9-59(10-26(67)57-2-6-88-52-45(86)47(101-55-44(85)39(80)32(73)22(15-65)97-55)33(74)23(98-52)16-91-50-41(82)37(78)30(71)20(13-63)95-50)11-27(68)58-60(3-7-89-49-40(81)36(77)29(70)19(12-62)94-49)4-8-90-53-46(87)48(100-54-43(84)35(76)28(69)18(93-54)1-5-61)34(75)24(99-53)17-92-51-42(83)38(79)31(72)21(14-64)96-51/h18-24,28-55,61-65,69-87H,1-17H2,(H2,56,66)(H,57,67)(H,58,68)/t18-,19-,20-,21-,22-,23-,24-,28-,29-,30-,31-,32-,33-,34-,35+,36+,37+,38+,39+,40+,41+,42+,43+,44+,45+,46+,47+,48+,49+,50+,51+,52+,53+,54-,55-/m1/s1. The number of carbonyl (C=O) groups is 3. The number of carbonyl (C=O) groups excluding carboxylic acids is 3. The molecule has 0 radical (unpaired) electrons. The summed E-state index contributed by atoms with van der Waals surface area (Å²) in [5.74, 6) is -2.96. The molecule has 0 saturated carbocycles. The molecule has 35 atom stereocenters. The molecule has 0 aromatic carbocycles. The van der Waals surface area contributed by atoms with Crippen LogP contribution in [0.1, 0.15) is 6.42 Å². The van der Waals surface area contributed by atoms with Crippen LogP contribution in [0.5, 0.6) is 0 Å². The zero-order valence-corrected chi connectivity index (χ0v) is 53.9. The van der Waals surface area contributed by atoms with Gasteiger partial charge in [0.05, 0.1) is 85.2 Å². The second-order valence-electron chi connectivity index (χ2n) is 24.8. The highest BCUT2D eigenvalue weighted by atomic mass is 16.8. The molecule has 7 fully saturated rings. The third kappa shape index (κ3) is 21.6. The zero-order chi connectivity index (χ0) is 74.4. The number of hydrogen-bond acceptors (Lipinski definition) is 43. The Hall–Kier alpha value is -3.19. The first-order valence-electron chi connectivity index (χ1n) is 32.2. The SMILES string of the molecule is NC(=O)CN(CC(=O)NCCO[C@H]1O[C@H](CO[C@H]2O[C@H](CO)[C@@H](O)[C@H](O)[C@@H]2O)[C@@H](O)[C@H](O[C@H]2O[C@H](CO)[C@@H](O)[C@H](O)[C@@H]2O)[C@@H]1O)CC(=O)NN(CCO[C@H]1O[C@H](CO)[C@@H](O)[C@H](O)[C@@H]1O)CCO[C@H]1O[C@H](CO[C@H]2O[C@H](CO)[C@@H](O)[C@H](O)[C@@H]2O)[C@@H](O)[C@H](O[C@H]2O[C@H](CCO)[C@@H](O)[C@H](O)[C@@H]2O)[C@@H]1O. The summed E-state index contributed by atoms with van der Waals surface area (Å²) in [6.45, 7) is -11.1. The highest BCUT2D eigenvalue weighted by molar-refractivity contribution is 5.83. The van der Waals surface area contributed by atoms with E-state index in [4.69, 9.17) is 72.0 Å². The van der Waals surface area contributed by atoms with Crippen molar-refractivity contribution >= 4 is 17.7 Å². The van der Waals surface area contributed by atoms with Crippen LogP contribution in [0.4, 0.5) is 0 Å². The van der Waals surface area contributed by atoms with Crippen molar-refractivity contribution in [1.29, 1.82) is 0 Å². The maximum Gasteiger partial charge on any atom is 0.248 e. The fraction of sp³-hybridized carbons (Fsp3) is 0.945. The molecule has 0 aromatic heterocycles. The van der Waals surface area contributed by atoms with Gasteiger partial charge >= 0.3 is 0 Å². The summed E-state index contributed by atoms with van der Waals surface area (Å²) in [6, 6.07) is 0. The number of hydrogen-bond donors (Lipinski definition) is 27. The third-order valence-corrected chi connectivity index (χ3v) is 17.6. The summed E-state index contributed by atoms with van der Waals surface area (Å²) < 4.78 is 78.6. The van der Waals surface area contributed by atoms with Gasteiger partial charge in [-0.15, -0.1) is 0 Å². The molecule has 46 heteroatoms. The van der Waals surface area contributed by atoms with Crippen LogP contribution < -0.4 is 16.5 Å². The molecular formula is C55H97N5O41. The Kier molecular flexibility index (Phi) is 33.3. The Morgan fingerprint density at radius 3 is 1.04 bits per heavy atom. The van der Waals surface area contributed by atoms with Crippen molar-refractivity contribution in [3.63, 3.8) is 0 Å². The molecule has 28 N–H and O–H groups in total. The summed E-state index contributed by atoms with van der Waals surface area (Å²) in [7, 11) is 0. The van der Waals surface area contributed by atoms with E-state index in [0.717, 1.165) is 9.91 Å². The van der Waals surface area contributed by atoms with E-state index in [-0.39, 0.29) is 6.42 Å². The van der Waals surface area contributed by atoms with Gasteiger partial charge in [0, 0.05) is 26.2 Å². The summed E-state index contributed by atoms with van der Waals surface area (Å²) in [5, 5.41) is 255. The van der Waals surface area contributed by atoms with Crippen LogP contribution >= 0.6 is 0 Å². The van der Waals surface area contributed by atoms with Crippen LogP contribution in [0.25, 0.3) is 0 Å². The van der Waals surface area contributed by atoms with Gasteiger partial charge in [-0.1, -0.05) is 0 Å². The van der Waals surface area contributed by atoms with Crippen molar-refractivity contribution in [3.8, 4) is 0 Å². The number of aliphatic hydroxyl groups is 24. The van der Waals surface area contributed by atoms with Gasteiger partial charge in [0.25, 0.3) is 0 Å². The number of primary amides is 1. The molecule has 0 aliphatic carbocycles. The average Bonchev–Trinajstić information content (AvgIpc) is 0.805. The Balaban J connectivity index is 1.01. The van der Waals surface area contributed by atoms with Crippen molar-refractivity contribution in [2.45, 2.75) is 221 Å². The zero-order valence-electron chi connectivity index (χ0n) is 53.9. The Morgan fingerprint density at radius 2 is 0.663 bits per heavy atom. The third-order valence-electron chi connectivity index (χ3n) is 17.6. The normalized spacial score (nSPS) is 44.0. The van der Waals surface area contributed by atoms with E-state index < -0.39 is 338 Å². The number of nitrogens with two attached hydrogens (primary N) is 1. The van der Waals surface area contributed by atoms with Crippen LogP contribution in [-0.4, -0.2) is 470 Å². The van der Waals surface area contributed by atoms with Gasteiger partial charge in [-0.2, -0.15) is 0 Å². The molecule has 0 spiro atoms. The minimum absolute atomic E-state index is 0.298. The van der Waals surface area contributed by atoms with E-state index in [0.29, 0.717) is 0 Å². The Morgan fingerprint density at radius 1 is 0.347 bits per heavy atom. The van der Waals surface area contributed by atoms with Gasteiger partial charge in [0.2, 0.25) is 17.7 Å². The quantitative estimate of drug-likeness (QED) is 0.0207. The van der Waals surface area contributed by atoms with Crippen molar-refractivity contribution < 1.29 is 203 Å². The van der Waals surface area contributed by atoms with E-state index >= 15 is 0 Å². The van der Waals surface area contributed by atoms with Gasteiger partial charge in [-0.25, -0.2) is 5.01 Å². The molecule has 7 rings (SSSR count). The largest absolute Gasteiger partial charge is 0.396 e. The molecule has 46 nitrogen and oxygen atoms in total. The monoisotopic (exact) mass is 1480 g/mol. The first-order valence-corrected chi connectivity index (χ1v) is 32.2.